The Hall–Kier alpha value is -4.48. The van der Waals surface area contributed by atoms with Gasteiger partial charge in [0.25, 0.3) is 0 Å². The second-order valence-electron chi connectivity index (χ2n) is 10.3. The first-order valence-electron chi connectivity index (χ1n) is 12.5. The van der Waals surface area contributed by atoms with Crippen LogP contribution in [0.25, 0.3) is 10.9 Å². The van der Waals surface area contributed by atoms with E-state index in [-0.39, 0.29) is 35.6 Å². The molecule has 0 unspecified atom stereocenters. The van der Waals surface area contributed by atoms with Crippen LogP contribution in [0.2, 0.25) is 0 Å². The van der Waals surface area contributed by atoms with E-state index >= 15 is 0 Å². The number of ketones is 1. The summed E-state index contributed by atoms with van der Waals surface area (Å²) in [7, 11) is 0. The summed E-state index contributed by atoms with van der Waals surface area (Å²) < 4.78 is 3.25. The van der Waals surface area contributed by atoms with Crippen LogP contribution in [0.5, 0.6) is 0 Å². The number of aromatic nitrogens is 7. The van der Waals surface area contributed by atoms with E-state index < -0.39 is 6.04 Å². The van der Waals surface area contributed by atoms with Gasteiger partial charge in [0, 0.05) is 35.7 Å². The number of hydrogen-bond acceptors (Lipinski definition) is 8. The molecule has 4 aromatic rings. The van der Waals surface area contributed by atoms with Crippen molar-refractivity contribution in [2.75, 3.05) is 5.32 Å². The Labute approximate surface area is 218 Å². The highest BCUT2D eigenvalue weighted by Crippen LogP contribution is 2.60. The Morgan fingerprint density at radius 1 is 1.13 bits per heavy atom. The number of carbonyl (C=O) groups excluding carboxylic acids is 3. The van der Waals surface area contributed by atoms with Crippen LogP contribution in [0.1, 0.15) is 41.5 Å². The number of amides is 2. The largest absolute Gasteiger partial charge is 0.325 e. The van der Waals surface area contributed by atoms with Gasteiger partial charge in [0.2, 0.25) is 11.8 Å². The molecule has 0 spiro atoms. The fourth-order valence-corrected chi connectivity index (χ4v) is 5.64. The van der Waals surface area contributed by atoms with Crippen molar-refractivity contribution in [2.45, 2.75) is 58.8 Å². The molecular formula is C26H27N9O3. The number of fused-ring (bicyclic) bond motifs is 2. The average Bonchev–Trinajstić information content (AvgIpc) is 3.24. The molecule has 0 aromatic carbocycles. The third kappa shape index (κ3) is 4.01. The van der Waals surface area contributed by atoms with E-state index in [1.54, 1.807) is 34.4 Å². The fourth-order valence-electron chi connectivity index (χ4n) is 5.64. The van der Waals surface area contributed by atoms with E-state index in [0.717, 1.165) is 17.7 Å². The number of nitrogens with zero attached hydrogens (tertiary/aromatic N) is 8. The monoisotopic (exact) mass is 513 g/mol. The van der Waals surface area contributed by atoms with Gasteiger partial charge in [-0.15, -0.1) is 0 Å². The van der Waals surface area contributed by atoms with E-state index in [9.17, 15) is 14.4 Å². The zero-order valence-corrected chi connectivity index (χ0v) is 21.3. The second kappa shape index (κ2) is 8.82. The molecule has 0 radical (unpaired) electrons. The molecule has 2 amide bonds. The predicted octanol–water partition coefficient (Wildman–Crippen LogP) is 1.94. The Balaban J connectivity index is 1.31. The number of likely N-dealkylation sites (tertiary alicyclic amines) is 1. The number of rotatable bonds is 7. The van der Waals surface area contributed by atoms with Gasteiger partial charge in [-0.2, -0.15) is 10.2 Å². The van der Waals surface area contributed by atoms with Crippen molar-refractivity contribution < 1.29 is 14.4 Å². The molecular weight excluding hydrogens is 486 g/mol. The minimum absolute atomic E-state index is 0.114. The van der Waals surface area contributed by atoms with E-state index in [2.05, 4.69) is 30.5 Å². The number of carbonyl (C=O) groups is 3. The smallest absolute Gasteiger partial charge is 0.248 e. The lowest BCUT2D eigenvalue weighted by Gasteiger charge is -2.27. The van der Waals surface area contributed by atoms with Crippen LogP contribution in [0, 0.1) is 19.3 Å². The standard InChI is InChI=1S/C26H27N9O3/c1-15-4-5-16(2)30-24(15)31-25(38)19-8-26(12-33-14-28-13-29-33)9-21(26)35(19)22(37)11-34-20-10-27-7-6-18(20)23(32-34)17(3)36/h4-7,10,13-14,19,21H,8-9,11-12H2,1-3H3,(H,30,31,38)/t19-,21+,26-/m0/s1. The zero-order valence-electron chi connectivity index (χ0n) is 21.3. The van der Waals surface area contributed by atoms with Crippen LogP contribution in [-0.4, -0.2) is 69.1 Å². The summed E-state index contributed by atoms with van der Waals surface area (Å²) in [6, 6.07) is 4.71. The molecule has 1 saturated heterocycles. The molecule has 12 heteroatoms. The van der Waals surface area contributed by atoms with Gasteiger partial charge < -0.3 is 10.2 Å². The molecule has 2 aliphatic rings. The van der Waals surface area contributed by atoms with Crippen molar-refractivity contribution >= 4 is 34.3 Å². The van der Waals surface area contributed by atoms with Gasteiger partial charge in [-0.3, -0.25) is 28.7 Å². The van der Waals surface area contributed by atoms with Gasteiger partial charge in [-0.05, 0) is 44.4 Å². The first-order valence-corrected chi connectivity index (χ1v) is 12.5. The maximum absolute atomic E-state index is 13.8. The van der Waals surface area contributed by atoms with Crippen molar-refractivity contribution in [1.29, 1.82) is 0 Å². The number of aryl methyl sites for hydroxylation is 2. The maximum atomic E-state index is 13.8. The summed E-state index contributed by atoms with van der Waals surface area (Å²) in [5.74, 6) is -0.226. The lowest BCUT2D eigenvalue weighted by Crippen LogP contribution is -2.47. The summed E-state index contributed by atoms with van der Waals surface area (Å²) in [6.07, 6.45) is 7.58. The minimum atomic E-state index is -0.682. The normalized spacial score (nSPS) is 21.9. The molecule has 5 heterocycles. The average molecular weight is 514 g/mol. The van der Waals surface area contributed by atoms with Crippen molar-refractivity contribution in [2.24, 2.45) is 5.41 Å². The maximum Gasteiger partial charge on any atom is 0.248 e. The minimum Gasteiger partial charge on any atom is -0.325 e. The van der Waals surface area contributed by atoms with Crippen LogP contribution < -0.4 is 5.32 Å². The number of hydrogen-bond donors (Lipinski definition) is 1. The molecule has 6 rings (SSSR count). The summed E-state index contributed by atoms with van der Waals surface area (Å²) >= 11 is 0. The molecule has 38 heavy (non-hydrogen) atoms. The first kappa shape index (κ1) is 23.9. The Kier molecular flexibility index (Phi) is 5.55. The molecule has 12 nitrogen and oxygen atoms in total. The van der Waals surface area contributed by atoms with Gasteiger partial charge in [0.15, 0.2) is 5.78 Å². The summed E-state index contributed by atoms with van der Waals surface area (Å²) in [5.41, 5.74) is 2.25. The zero-order chi connectivity index (χ0) is 26.6. The predicted molar refractivity (Wildman–Crippen MR) is 136 cm³/mol. The van der Waals surface area contributed by atoms with Gasteiger partial charge >= 0.3 is 0 Å². The lowest BCUT2D eigenvalue weighted by molar-refractivity contribution is -0.138. The molecule has 194 valence electrons. The molecule has 1 aliphatic heterocycles. The summed E-state index contributed by atoms with van der Waals surface area (Å²) in [4.78, 5) is 54.0. The highest BCUT2D eigenvalue weighted by atomic mass is 16.2. The molecule has 3 atom stereocenters. The van der Waals surface area contributed by atoms with Crippen molar-refractivity contribution in [1.82, 2.24) is 39.4 Å². The van der Waals surface area contributed by atoms with Gasteiger partial charge in [-0.1, -0.05) is 6.07 Å². The third-order valence-electron chi connectivity index (χ3n) is 7.60. The molecule has 1 N–H and O–H groups in total. The van der Waals surface area contributed by atoms with Crippen LogP contribution in [0.4, 0.5) is 5.82 Å². The van der Waals surface area contributed by atoms with E-state index in [4.69, 9.17) is 0 Å². The van der Waals surface area contributed by atoms with Crippen LogP contribution >= 0.6 is 0 Å². The highest BCUT2D eigenvalue weighted by molar-refractivity contribution is 6.05. The number of nitrogens with one attached hydrogen (secondary N) is 1. The molecule has 2 fully saturated rings. The molecule has 1 aliphatic carbocycles. The SMILES string of the molecule is CC(=O)c1nn(CC(=O)N2[C@H](C(=O)Nc3nc(C)ccc3C)C[C@@]3(Cn4cncn4)C[C@@H]23)c2cnccc12. The number of anilines is 1. The van der Waals surface area contributed by atoms with Crippen LogP contribution in [0.3, 0.4) is 0 Å². The third-order valence-corrected chi connectivity index (χ3v) is 7.60. The Bertz CT molecular complexity index is 1580. The molecule has 4 aromatic heterocycles. The van der Waals surface area contributed by atoms with E-state index in [0.29, 0.717) is 35.4 Å². The Morgan fingerprint density at radius 2 is 1.97 bits per heavy atom. The quantitative estimate of drug-likeness (QED) is 0.370. The molecule has 0 bridgehead atoms. The van der Waals surface area contributed by atoms with Crippen molar-refractivity contribution in [3.8, 4) is 0 Å². The van der Waals surface area contributed by atoms with Crippen molar-refractivity contribution in [3.05, 3.63) is 60.2 Å². The van der Waals surface area contributed by atoms with Crippen LogP contribution in [0.15, 0.2) is 43.2 Å². The first-order chi connectivity index (χ1) is 18.3. The number of pyridine rings is 2. The molecule has 1 saturated carbocycles. The fraction of sp³-hybridized carbons (Fsp3) is 0.385. The summed E-state index contributed by atoms with van der Waals surface area (Å²) in [6.45, 7) is 5.64. The van der Waals surface area contributed by atoms with Crippen molar-refractivity contribution in [3.63, 3.8) is 0 Å². The topological polar surface area (TPSA) is 141 Å². The van der Waals surface area contributed by atoms with Gasteiger partial charge in [-0.25, -0.2) is 9.97 Å². The van der Waals surface area contributed by atoms with E-state index in [1.165, 1.54) is 17.9 Å². The Morgan fingerprint density at radius 3 is 2.74 bits per heavy atom. The van der Waals surface area contributed by atoms with Gasteiger partial charge in [0.05, 0.1) is 18.3 Å². The van der Waals surface area contributed by atoms with Crippen LogP contribution in [-0.2, 0) is 22.7 Å². The van der Waals surface area contributed by atoms with Gasteiger partial charge in [0.1, 0.15) is 36.8 Å². The lowest BCUT2D eigenvalue weighted by atomic mass is 9.99. The van der Waals surface area contributed by atoms with E-state index in [1.807, 2.05) is 26.0 Å². The summed E-state index contributed by atoms with van der Waals surface area (Å²) in [5, 5.41) is 12.3. The highest BCUT2D eigenvalue weighted by Gasteiger charge is 2.67. The second-order valence-corrected chi connectivity index (χ2v) is 10.3. The number of piperidine rings is 1. The number of Topliss-reactive ketones (excluding diaryl/α,β-unsaturated/α-hetero) is 1.